The van der Waals surface area contributed by atoms with Gasteiger partial charge in [-0.15, -0.1) is 0 Å². The van der Waals surface area contributed by atoms with Crippen LogP contribution in [0.25, 0.3) is 0 Å². The summed E-state index contributed by atoms with van der Waals surface area (Å²) in [5.74, 6) is -0.902. The molecular formula is C22H22F4N2O3S. The molecule has 0 bridgehead atoms. The molecule has 0 spiro atoms. The minimum atomic E-state index is -4.00. The van der Waals surface area contributed by atoms with Crippen molar-refractivity contribution in [1.29, 1.82) is 5.26 Å². The van der Waals surface area contributed by atoms with E-state index in [2.05, 4.69) is 0 Å². The fraction of sp³-hybridized carbons (Fsp3) is 0.409. The number of aliphatic hydroxyl groups excluding tert-OH is 1. The third kappa shape index (κ3) is 4.12. The van der Waals surface area contributed by atoms with Crippen molar-refractivity contribution >= 4 is 10.0 Å². The molecule has 0 aromatic heterocycles. The van der Waals surface area contributed by atoms with E-state index in [9.17, 15) is 36.3 Å². The first-order valence-corrected chi connectivity index (χ1v) is 11.2. The molecule has 3 rings (SSSR count). The van der Waals surface area contributed by atoms with E-state index in [0.29, 0.717) is 5.56 Å². The quantitative estimate of drug-likeness (QED) is 0.651. The molecule has 0 radical (unpaired) electrons. The number of fused-ring (bicyclic) bond motifs is 1. The number of benzene rings is 2. The van der Waals surface area contributed by atoms with E-state index in [1.54, 1.807) is 6.07 Å². The first-order valence-electron chi connectivity index (χ1n) is 9.80. The van der Waals surface area contributed by atoms with Gasteiger partial charge in [0.05, 0.1) is 16.5 Å². The second-order valence-corrected chi connectivity index (χ2v) is 10.1. The van der Waals surface area contributed by atoms with Gasteiger partial charge in [0.25, 0.3) is 0 Å². The number of aliphatic hydroxyl groups is 1. The van der Waals surface area contributed by atoms with Crippen molar-refractivity contribution in [1.82, 2.24) is 4.31 Å². The van der Waals surface area contributed by atoms with Crippen LogP contribution in [-0.2, 0) is 22.9 Å². The van der Waals surface area contributed by atoms with E-state index in [1.165, 1.54) is 26.2 Å². The lowest BCUT2D eigenvalue weighted by atomic mass is 9.89. The minimum Gasteiger partial charge on any atom is -0.385 e. The summed E-state index contributed by atoms with van der Waals surface area (Å²) < 4.78 is 83.0. The zero-order valence-corrected chi connectivity index (χ0v) is 18.4. The summed E-state index contributed by atoms with van der Waals surface area (Å²) in [5, 5.41) is 19.8. The molecule has 1 N–H and O–H groups in total. The molecule has 4 atom stereocenters. The zero-order valence-electron chi connectivity index (χ0n) is 17.6. The van der Waals surface area contributed by atoms with Gasteiger partial charge in [-0.3, -0.25) is 0 Å². The summed E-state index contributed by atoms with van der Waals surface area (Å²) in [7, 11) is -1.41. The molecule has 1 aliphatic rings. The summed E-state index contributed by atoms with van der Waals surface area (Å²) in [6.07, 6.45) is -8.11. The Labute approximate surface area is 184 Å². The molecule has 4 unspecified atom stereocenters. The van der Waals surface area contributed by atoms with Crippen LogP contribution in [0.15, 0.2) is 29.2 Å². The molecule has 0 saturated carbocycles. The van der Waals surface area contributed by atoms with Gasteiger partial charge in [0, 0.05) is 26.1 Å². The van der Waals surface area contributed by atoms with Crippen LogP contribution in [0.5, 0.6) is 0 Å². The van der Waals surface area contributed by atoms with Crippen LogP contribution in [0.3, 0.4) is 0 Å². The summed E-state index contributed by atoms with van der Waals surface area (Å²) in [4.78, 5) is -0.255. The van der Waals surface area contributed by atoms with Crippen molar-refractivity contribution in [2.45, 2.75) is 49.3 Å². The van der Waals surface area contributed by atoms with Crippen molar-refractivity contribution in [2.75, 3.05) is 14.1 Å². The van der Waals surface area contributed by atoms with Crippen molar-refractivity contribution in [2.24, 2.45) is 0 Å². The van der Waals surface area contributed by atoms with Crippen LogP contribution in [0.1, 0.15) is 52.6 Å². The Kier molecular flexibility index (Phi) is 6.65. The third-order valence-electron chi connectivity index (χ3n) is 5.65. The van der Waals surface area contributed by atoms with Crippen LogP contribution in [0.2, 0.25) is 0 Å². The van der Waals surface area contributed by atoms with Crippen molar-refractivity contribution < 1.29 is 31.1 Å². The number of halogens is 4. The largest absolute Gasteiger partial charge is 0.385 e. The SMILES string of the molecule is CC(F)C(F)c1cc(F)cc(C#N)c1Cc1ccc(S(=O)(=O)N(C)C)c2c1CC(F)C2O. The molecule has 0 fully saturated rings. The molecule has 0 aliphatic heterocycles. The van der Waals surface area contributed by atoms with E-state index >= 15 is 0 Å². The molecule has 172 valence electrons. The van der Waals surface area contributed by atoms with Crippen LogP contribution in [0, 0.1) is 17.1 Å². The number of rotatable bonds is 6. The number of nitrogens with zero attached hydrogens (tertiary/aromatic N) is 2. The summed E-state index contributed by atoms with van der Waals surface area (Å²) in [6, 6.07) is 6.08. The van der Waals surface area contributed by atoms with Crippen LogP contribution < -0.4 is 0 Å². The Morgan fingerprint density at radius 3 is 2.50 bits per heavy atom. The van der Waals surface area contributed by atoms with Crippen molar-refractivity contribution in [3.05, 3.63) is 63.5 Å². The monoisotopic (exact) mass is 470 g/mol. The molecule has 32 heavy (non-hydrogen) atoms. The van der Waals surface area contributed by atoms with Gasteiger partial charge in [0.1, 0.15) is 24.3 Å². The molecule has 0 amide bonds. The molecular weight excluding hydrogens is 448 g/mol. The predicted molar refractivity (Wildman–Crippen MR) is 109 cm³/mol. The molecule has 1 aliphatic carbocycles. The standard InChI is InChI=1S/C22H22F4N2O3S/c1-11(23)21(26)17-8-14(24)6-13(10-27)15(17)7-12-4-5-19(32(30,31)28(2)3)20-16(12)9-18(25)22(20)29/h4-6,8,11,18,21-22,29H,7,9H2,1-3H3. The highest BCUT2D eigenvalue weighted by atomic mass is 32.2. The van der Waals surface area contributed by atoms with Crippen LogP contribution >= 0.6 is 0 Å². The molecule has 10 heteroatoms. The second kappa shape index (κ2) is 8.81. The number of sulfonamides is 1. The Balaban J connectivity index is 2.22. The topological polar surface area (TPSA) is 81.4 Å². The molecule has 0 saturated heterocycles. The zero-order chi connectivity index (χ0) is 24.0. The smallest absolute Gasteiger partial charge is 0.242 e. The minimum absolute atomic E-state index is 0.0214. The van der Waals surface area contributed by atoms with Gasteiger partial charge in [0.15, 0.2) is 6.17 Å². The first-order chi connectivity index (χ1) is 14.9. The van der Waals surface area contributed by atoms with E-state index in [0.717, 1.165) is 23.4 Å². The van der Waals surface area contributed by atoms with Gasteiger partial charge in [0.2, 0.25) is 10.0 Å². The number of alkyl halides is 3. The van der Waals surface area contributed by atoms with Gasteiger partial charge >= 0.3 is 0 Å². The van der Waals surface area contributed by atoms with Gasteiger partial charge in [-0.2, -0.15) is 5.26 Å². The summed E-state index contributed by atoms with van der Waals surface area (Å²) in [5.41, 5.74) is -0.0755. The number of nitriles is 1. The number of hydrogen-bond donors (Lipinski definition) is 1. The van der Waals surface area contributed by atoms with E-state index in [4.69, 9.17) is 0 Å². The maximum absolute atomic E-state index is 14.6. The van der Waals surface area contributed by atoms with Crippen molar-refractivity contribution in [3.63, 3.8) is 0 Å². The molecule has 5 nitrogen and oxygen atoms in total. The van der Waals surface area contributed by atoms with E-state index < -0.39 is 40.5 Å². The molecule has 2 aromatic carbocycles. The van der Waals surface area contributed by atoms with E-state index in [-0.39, 0.29) is 45.6 Å². The lowest BCUT2D eigenvalue weighted by molar-refractivity contribution is 0.0906. The maximum Gasteiger partial charge on any atom is 0.242 e. The summed E-state index contributed by atoms with van der Waals surface area (Å²) >= 11 is 0. The summed E-state index contributed by atoms with van der Waals surface area (Å²) in [6.45, 7) is 0.966. The predicted octanol–water partition coefficient (Wildman–Crippen LogP) is 3.83. The van der Waals surface area contributed by atoms with Gasteiger partial charge in [-0.1, -0.05) is 6.07 Å². The molecule has 0 heterocycles. The van der Waals surface area contributed by atoms with E-state index in [1.807, 2.05) is 0 Å². The average molecular weight is 470 g/mol. The maximum atomic E-state index is 14.6. The third-order valence-corrected chi connectivity index (χ3v) is 7.52. The Bertz CT molecular complexity index is 1190. The van der Waals surface area contributed by atoms with Gasteiger partial charge in [-0.05, 0) is 53.8 Å². The highest BCUT2D eigenvalue weighted by Crippen LogP contribution is 2.41. The Hall–Kier alpha value is -2.48. The Morgan fingerprint density at radius 1 is 1.28 bits per heavy atom. The lowest BCUT2D eigenvalue weighted by Crippen LogP contribution is -2.24. The highest BCUT2D eigenvalue weighted by molar-refractivity contribution is 7.89. The fourth-order valence-corrected chi connectivity index (χ4v) is 5.12. The van der Waals surface area contributed by atoms with Crippen LogP contribution in [0.4, 0.5) is 17.6 Å². The molecule has 2 aromatic rings. The van der Waals surface area contributed by atoms with Gasteiger partial charge in [-0.25, -0.2) is 30.3 Å². The Morgan fingerprint density at radius 2 is 1.94 bits per heavy atom. The average Bonchev–Trinajstić information content (AvgIpc) is 3.03. The van der Waals surface area contributed by atoms with Crippen LogP contribution in [-0.4, -0.2) is 44.3 Å². The second-order valence-electron chi connectivity index (χ2n) is 7.96. The van der Waals surface area contributed by atoms with Crippen molar-refractivity contribution in [3.8, 4) is 6.07 Å². The first kappa shape index (κ1) is 24.2. The highest BCUT2D eigenvalue weighted by Gasteiger charge is 2.38. The van der Waals surface area contributed by atoms with Gasteiger partial charge < -0.3 is 5.11 Å². The normalized spacial score (nSPS) is 20.1. The fourth-order valence-electron chi connectivity index (χ4n) is 3.97. The number of hydrogen-bond acceptors (Lipinski definition) is 4. The lowest BCUT2D eigenvalue weighted by Gasteiger charge is -2.20.